The zero-order valence-electron chi connectivity index (χ0n) is 17.1. The van der Waals surface area contributed by atoms with Gasteiger partial charge < -0.3 is 4.74 Å². The van der Waals surface area contributed by atoms with Crippen LogP contribution in [0.2, 0.25) is 0 Å². The summed E-state index contributed by atoms with van der Waals surface area (Å²) in [5.74, 6) is -1.40. The van der Waals surface area contributed by atoms with E-state index in [1.54, 1.807) is 16.9 Å². The Bertz CT molecular complexity index is 1070. The minimum Gasteiger partial charge on any atom is -0.459 e. The first-order chi connectivity index (χ1) is 15.2. The second-order valence-corrected chi connectivity index (χ2v) is 6.74. The van der Waals surface area contributed by atoms with Crippen molar-refractivity contribution < 1.29 is 14.3 Å². The summed E-state index contributed by atoms with van der Waals surface area (Å²) in [6.07, 6.45) is 0. The molecule has 1 heterocycles. The lowest BCUT2D eigenvalue weighted by atomic mass is 10.2. The minimum atomic E-state index is -0.930. The summed E-state index contributed by atoms with van der Waals surface area (Å²) in [5.41, 5.74) is 2.30. The molecule has 0 spiro atoms. The molecule has 0 bridgehead atoms. The van der Waals surface area contributed by atoms with Gasteiger partial charge in [0.15, 0.2) is 5.84 Å². The molecular weight excluding hydrogens is 392 g/mol. The summed E-state index contributed by atoms with van der Waals surface area (Å²) in [5, 5.41) is 9.56. The van der Waals surface area contributed by atoms with Gasteiger partial charge in [0, 0.05) is 5.56 Å². The van der Waals surface area contributed by atoms with Gasteiger partial charge in [-0.1, -0.05) is 66.7 Å². The molecule has 0 aromatic heterocycles. The Hall–Kier alpha value is -4.13. The molecule has 0 saturated carbocycles. The lowest BCUT2D eigenvalue weighted by molar-refractivity contribution is -0.158. The Labute approximate surface area is 180 Å². The second-order valence-electron chi connectivity index (χ2n) is 6.74. The van der Waals surface area contributed by atoms with Crippen molar-refractivity contribution in [1.82, 2.24) is 5.01 Å². The highest BCUT2D eigenvalue weighted by Crippen LogP contribution is 2.27. The molecule has 1 aliphatic heterocycles. The number of para-hydroxylation sites is 2. The van der Waals surface area contributed by atoms with Crippen LogP contribution >= 0.6 is 0 Å². The van der Waals surface area contributed by atoms with Gasteiger partial charge in [0.05, 0.1) is 18.0 Å². The number of ether oxygens (including phenoxy) is 1. The molecule has 0 saturated heterocycles. The molecular formula is C24H22N4O3. The number of carbonyl (C=O) groups excluding carboxylic acids is 2. The molecule has 0 unspecified atom stereocenters. The lowest BCUT2D eigenvalue weighted by Crippen LogP contribution is -2.60. The Morgan fingerprint density at radius 3 is 1.97 bits per heavy atom. The smallest absolute Gasteiger partial charge is 0.399 e. The van der Waals surface area contributed by atoms with E-state index in [4.69, 9.17) is 9.84 Å². The van der Waals surface area contributed by atoms with Crippen molar-refractivity contribution in [3.05, 3.63) is 96.6 Å². The molecule has 0 radical (unpaired) electrons. The van der Waals surface area contributed by atoms with Crippen LogP contribution in [-0.2, 0) is 14.3 Å². The fourth-order valence-electron chi connectivity index (χ4n) is 3.28. The van der Waals surface area contributed by atoms with E-state index in [1.165, 1.54) is 5.01 Å². The van der Waals surface area contributed by atoms with Gasteiger partial charge in [0.2, 0.25) is 0 Å². The normalized spacial score (nSPS) is 13.6. The Balaban J connectivity index is 1.87. The van der Waals surface area contributed by atoms with Gasteiger partial charge in [-0.2, -0.15) is 5.01 Å². The molecule has 0 atom stereocenters. The number of hydrogen-bond donors (Lipinski definition) is 0. The molecule has 4 rings (SSSR count). The number of anilines is 2. The van der Waals surface area contributed by atoms with Gasteiger partial charge in [-0.05, 0) is 31.2 Å². The van der Waals surface area contributed by atoms with Crippen molar-refractivity contribution in [3.63, 3.8) is 0 Å². The van der Waals surface area contributed by atoms with Gasteiger partial charge in [-0.3, -0.25) is 9.80 Å². The largest absolute Gasteiger partial charge is 0.459 e. The highest BCUT2D eigenvalue weighted by atomic mass is 16.5. The number of amides is 1. The molecule has 7 heteroatoms. The molecule has 0 fully saturated rings. The van der Waals surface area contributed by atoms with E-state index in [0.29, 0.717) is 11.4 Å². The first kappa shape index (κ1) is 20.2. The van der Waals surface area contributed by atoms with Crippen LogP contribution in [0.4, 0.5) is 11.4 Å². The minimum absolute atomic E-state index is 0.109. The summed E-state index contributed by atoms with van der Waals surface area (Å²) in [6.45, 7) is 2.01. The van der Waals surface area contributed by atoms with Crippen LogP contribution in [0.5, 0.6) is 0 Å². The van der Waals surface area contributed by atoms with Crippen molar-refractivity contribution in [3.8, 4) is 0 Å². The van der Waals surface area contributed by atoms with Crippen LogP contribution in [0, 0.1) is 0 Å². The number of hydrazine groups is 1. The highest BCUT2D eigenvalue weighted by Gasteiger charge is 2.38. The maximum atomic E-state index is 13.2. The van der Waals surface area contributed by atoms with E-state index in [-0.39, 0.29) is 13.3 Å². The molecule has 0 N–H and O–H groups in total. The predicted molar refractivity (Wildman–Crippen MR) is 119 cm³/mol. The third kappa shape index (κ3) is 4.25. The van der Waals surface area contributed by atoms with Crippen LogP contribution in [0.1, 0.15) is 12.5 Å². The highest BCUT2D eigenvalue weighted by molar-refractivity contribution is 6.37. The van der Waals surface area contributed by atoms with Crippen molar-refractivity contribution >= 4 is 29.1 Å². The van der Waals surface area contributed by atoms with Crippen LogP contribution in [0.25, 0.3) is 0 Å². The number of amidine groups is 1. The lowest BCUT2D eigenvalue weighted by Gasteiger charge is -2.42. The van der Waals surface area contributed by atoms with E-state index >= 15 is 0 Å². The predicted octanol–water partition coefficient (Wildman–Crippen LogP) is 3.64. The average molecular weight is 414 g/mol. The molecule has 1 amide bonds. The molecule has 0 aliphatic carbocycles. The molecule has 156 valence electrons. The van der Waals surface area contributed by atoms with Gasteiger partial charge in [-0.15, -0.1) is 5.10 Å². The van der Waals surface area contributed by atoms with Gasteiger partial charge in [0.1, 0.15) is 6.67 Å². The Kier molecular flexibility index (Phi) is 5.93. The monoisotopic (exact) mass is 414 g/mol. The zero-order chi connectivity index (χ0) is 21.6. The van der Waals surface area contributed by atoms with Crippen LogP contribution in [-0.4, -0.2) is 36.0 Å². The number of esters is 1. The van der Waals surface area contributed by atoms with Gasteiger partial charge >= 0.3 is 11.9 Å². The summed E-state index contributed by atoms with van der Waals surface area (Å²) in [6, 6.07) is 28.4. The topological polar surface area (TPSA) is 65.5 Å². The van der Waals surface area contributed by atoms with E-state index < -0.39 is 11.9 Å². The van der Waals surface area contributed by atoms with Crippen molar-refractivity contribution in [1.29, 1.82) is 0 Å². The summed E-state index contributed by atoms with van der Waals surface area (Å²) in [7, 11) is 0. The van der Waals surface area contributed by atoms with Crippen LogP contribution in [0.3, 0.4) is 0 Å². The first-order valence-electron chi connectivity index (χ1n) is 9.99. The average Bonchev–Trinajstić information content (AvgIpc) is 2.84. The third-order valence-corrected chi connectivity index (χ3v) is 4.71. The number of nitrogens with zero attached hydrogens (tertiary/aromatic N) is 4. The maximum Gasteiger partial charge on any atom is 0.399 e. The second kappa shape index (κ2) is 9.13. The SMILES string of the molecule is CCOC(=O)C(=O)N1C(c2ccccc2)=NN(c2ccccc2)CN1c1ccccc1. The van der Waals surface area contributed by atoms with Crippen LogP contribution in [0.15, 0.2) is 96.1 Å². The standard InChI is InChI=1S/C24H22N4O3/c1-2-31-24(30)23(29)28-22(19-12-6-3-7-13-19)25-26(20-14-8-4-9-15-20)18-27(28)21-16-10-5-11-17-21/h3-17H,2,18H2,1H3. The summed E-state index contributed by atoms with van der Waals surface area (Å²) in [4.78, 5) is 25.6. The summed E-state index contributed by atoms with van der Waals surface area (Å²) < 4.78 is 5.01. The third-order valence-electron chi connectivity index (χ3n) is 4.71. The number of benzene rings is 3. The quantitative estimate of drug-likeness (QED) is 0.482. The zero-order valence-corrected chi connectivity index (χ0v) is 17.1. The number of hydrazone groups is 1. The van der Waals surface area contributed by atoms with Crippen molar-refractivity contribution in [2.24, 2.45) is 5.10 Å². The van der Waals surface area contributed by atoms with Gasteiger partial charge in [0.25, 0.3) is 0 Å². The Morgan fingerprint density at radius 2 is 1.39 bits per heavy atom. The van der Waals surface area contributed by atoms with Crippen molar-refractivity contribution in [2.45, 2.75) is 6.92 Å². The van der Waals surface area contributed by atoms with E-state index in [0.717, 1.165) is 11.4 Å². The van der Waals surface area contributed by atoms with E-state index in [2.05, 4.69) is 0 Å². The fraction of sp³-hybridized carbons (Fsp3) is 0.125. The number of rotatable bonds is 4. The molecule has 7 nitrogen and oxygen atoms in total. The van der Waals surface area contributed by atoms with E-state index in [1.807, 2.05) is 91.0 Å². The fourth-order valence-corrected chi connectivity index (χ4v) is 3.28. The van der Waals surface area contributed by atoms with Crippen molar-refractivity contribution in [2.75, 3.05) is 23.3 Å². The first-order valence-corrected chi connectivity index (χ1v) is 9.99. The number of hydrogen-bond acceptors (Lipinski definition) is 6. The molecule has 1 aliphatic rings. The molecule has 3 aromatic rings. The van der Waals surface area contributed by atoms with E-state index in [9.17, 15) is 9.59 Å². The van der Waals surface area contributed by atoms with Gasteiger partial charge in [-0.25, -0.2) is 9.80 Å². The Morgan fingerprint density at radius 1 is 0.839 bits per heavy atom. The number of carbonyl (C=O) groups is 2. The van der Waals surface area contributed by atoms with Crippen LogP contribution < -0.4 is 10.0 Å². The molecule has 3 aromatic carbocycles. The molecule has 31 heavy (non-hydrogen) atoms. The maximum absolute atomic E-state index is 13.2. The summed E-state index contributed by atoms with van der Waals surface area (Å²) >= 11 is 0.